The fraction of sp³-hybridized carbons (Fsp3) is 0.150. The van der Waals surface area contributed by atoms with Gasteiger partial charge in [0.05, 0.1) is 23.3 Å². The van der Waals surface area contributed by atoms with E-state index >= 15 is 0 Å². The van der Waals surface area contributed by atoms with Gasteiger partial charge in [-0.2, -0.15) is 4.98 Å². The second-order valence-corrected chi connectivity index (χ2v) is 6.09. The van der Waals surface area contributed by atoms with Crippen molar-refractivity contribution in [2.24, 2.45) is 0 Å². The predicted octanol–water partition coefficient (Wildman–Crippen LogP) is 4.04. The Bertz CT molecular complexity index is 1050. The van der Waals surface area contributed by atoms with Crippen molar-refractivity contribution < 1.29 is 19.2 Å². The van der Waals surface area contributed by atoms with E-state index in [-0.39, 0.29) is 17.3 Å². The van der Waals surface area contributed by atoms with Gasteiger partial charge in [-0.3, -0.25) is 10.1 Å². The van der Waals surface area contributed by atoms with Crippen LogP contribution in [0.25, 0.3) is 0 Å². The highest BCUT2D eigenvalue weighted by Crippen LogP contribution is 2.39. The number of nitrogens with zero attached hydrogens (tertiary/aromatic N) is 4. The third-order valence-electron chi connectivity index (χ3n) is 4.18. The molecule has 0 saturated carbocycles. The number of rotatable bonds is 6. The number of methoxy groups -OCH3 is 1. The van der Waals surface area contributed by atoms with Crippen LogP contribution in [0.15, 0.2) is 54.9 Å². The van der Waals surface area contributed by atoms with Crippen molar-refractivity contribution in [2.75, 3.05) is 19.1 Å². The monoisotopic (exact) mass is 394 g/mol. The van der Waals surface area contributed by atoms with Crippen molar-refractivity contribution >= 4 is 23.2 Å². The number of benzene rings is 2. The van der Waals surface area contributed by atoms with Crippen molar-refractivity contribution in [3.63, 3.8) is 0 Å². The van der Waals surface area contributed by atoms with E-state index in [1.54, 1.807) is 43.4 Å². The van der Waals surface area contributed by atoms with Crippen LogP contribution in [0.2, 0.25) is 0 Å². The molecule has 0 amide bonds. The predicted molar refractivity (Wildman–Crippen MR) is 106 cm³/mol. The fourth-order valence-corrected chi connectivity index (χ4v) is 2.71. The number of carbonyl (C=O) groups excluding carboxylic acids is 1. The summed E-state index contributed by atoms with van der Waals surface area (Å²) in [4.78, 5) is 32.7. The summed E-state index contributed by atoms with van der Waals surface area (Å²) >= 11 is 0. The molecule has 0 saturated heterocycles. The molecule has 0 aliphatic carbocycles. The second-order valence-electron chi connectivity index (χ2n) is 6.09. The maximum absolute atomic E-state index is 12.1. The van der Waals surface area contributed by atoms with E-state index in [2.05, 4.69) is 9.97 Å². The average molecular weight is 394 g/mol. The van der Waals surface area contributed by atoms with Crippen molar-refractivity contribution in [1.29, 1.82) is 0 Å². The van der Waals surface area contributed by atoms with E-state index in [1.807, 2.05) is 19.1 Å². The zero-order chi connectivity index (χ0) is 21.0. The third kappa shape index (κ3) is 4.13. The molecule has 3 aromatic rings. The minimum atomic E-state index is -0.615. The molecule has 3 rings (SSSR count). The number of carbonyl (C=O) groups is 1. The molecule has 0 atom stereocenters. The highest BCUT2D eigenvalue weighted by molar-refractivity contribution is 5.97. The minimum Gasteiger partial charge on any atom is -0.465 e. The maximum Gasteiger partial charge on any atom is 0.373 e. The van der Waals surface area contributed by atoms with Crippen LogP contribution in [0.1, 0.15) is 15.9 Å². The van der Waals surface area contributed by atoms with Crippen molar-refractivity contribution in [3.8, 4) is 11.6 Å². The molecule has 0 bridgehead atoms. The Morgan fingerprint density at radius 3 is 2.45 bits per heavy atom. The lowest BCUT2D eigenvalue weighted by atomic mass is 10.1. The molecular formula is C20H18N4O5. The lowest BCUT2D eigenvalue weighted by Crippen LogP contribution is -2.18. The zero-order valence-electron chi connectivity index (χ0n) is 16.0. The topological polar surface area (TPSA) is 108 Å². The number of aryl methyl sites for hydroxylation is 1. The molecule has 148 valence electrons. The summed E-state index contributed by atoms with van der Waals surface area (Å²) in [6.07, 6.45) is 1.17. The first-order chi connectivity index (χ1) is 13.9. The molecule has 1 heterocycles. The van der Waals surface area contributed by atoms with Gasteiger partial charge in [0.15, 0.2) is 0 Å². The molecule has 0 spiro atoms. The van der Waals surface area contributed by atoms with Crippen LogP contribution in [0.3, 0.4) is 0 Å². The molecule has 0 unspecified atom stereocenters. The summed E-state index contributed by atoms with van der Waals surface area (Å²) in [7, 11) is 2.83. The Morgan fingerprint density at radius 2 is 1.79 bits per heavy atom. The number of nitro groups is 1. The Kier molecular flexibility index (Phi) is 5.68. The first-order valence-electron chi connectivity index (χ1n) is 8.57. The maximum atomic E-state index is 12.1. The average Bonchev–Trinajstić information content (AvgIpc) is 2.74. The second kappa shape index (κ2) is 8.34. The van der Waals surface area contributed by atoms with Gasteiger partial charge in [0.2, 0.25) is 5.82 Å². The van der Waals surface area contributed by atoms with Gasteiger partial charge in [0.25, 0.3) is 0 Å². The Balaban J connectivity index is 2.07. The molecule has 1 aromatic heterocycles. The van der Waals surface area contributed by atoms with Crippen LogP contribution < -0.4 is 9.64 Å². The summed E-state index contributed by atoms with van der Waals surface area (Å²) < 4.78 is 10.4. The van der Waals surface area contributed by atoms with Gasteiger partial charge in [0, 0.05) is 7.05 Å². The Labute approximate surface area is 166 Å². The van der Waals surface area contributed by atoms with Gasteiger partial charge >= 0.3 is 17.5 Å². The molecule has 0 aliphatic heterocycles. The third-order valence-corrected chi connectivity index (χ3v) is 4.18. The number of hydrogen-bond acceptors (Lipinski definition) is 8. The van der Waals surface area contributed by atoms with E-state index in [1.165, 1.54) is 18.3 Å². The van der Waals surface area contributed by atoms with Gasteiger partial charge in [-0.25, -0.2) is 9.78 Å². The SMILES string of the molecule is COC(=O)c1ccccc1N(C)c1ncnc(Oc2ccc(C)cc2)c1[N+](=O)[O-]. The molecule has 2 aromatic carbocycles. The number of anilines is 2. The fourth-order valence-electron chi connectivity index (χ4n) is 2.71. The van der Waals surface area contributed by atoms with Crippen LogP contribution in [-0.4, -0.2) is 35.0 Å². The molecule has 9 nitrogen and oxygen atoms in total. The van der Waals surface area contributed by atoms with Crippen LogP contribution >= 0.6 is 0 Å². The largest absolute Gasteiger partial charge is 0.465 e. The molecule has 0 radical (unpaired) electrons. The first kappa shape index (κ1) is 19.7. The summed E-state index contributed by atoms with van der Waals surface area (Å²) in [5.74, 6) is -0.393. The van der Waals surface area contributed by atoms with Gasteiger partial charge in [-0.05, 0) is 31.2 Å². The molecular weight excluding hydrogens is 376 g/mol. The van der Waals surface area contributed by atoms with Crippen LogP contribution in [-0.2, 0) is 4.74 Å². The molecule has 0 N–H and O–H groups in total. The Hall–Kier alpha value is -4.01. The van der Waals surface area contributed by atoms with Gasteiger partial charge in [-0.15, -0.1) is 0 Å². The van der Waals surface area contributed by atoms with E-state index < -0.39 is 16.6 Å². The molecule has 0 aliphatic rings. The van der Waals surface area contributed by atoms with Gasteiger partial charge < -0.3 is 14.4 Å². The lowest BCUT2D eigenvalue weighted by molar-refractivity contribution is -0.385. The summed E-state index contributed by atoms with van der Waals surface area (Å²) in [6, 6.07) is 13.6. The number of esters is 1. The van der Waals surface area contributed by atoms with Gasteiger partial charge in [0.1, 0.15) is 12.1 Å². The number of aromatic nitrogens is 2. The quantitative estimate of drug-likeness (QED) is 0.350. The number of ether oxygens (including phenoxy) is 2. The van der Waals surface area contributed by atoms with Crippen LogP contribution in [0, 0.1) is 17.0 Å². The Morgan fingerprint density at radius 1 is 1.10 bits per heavy atom. The summed E-state index contributed by atoms with van der Waals surface area (Å²) in [6.45, 7) is 1.92. The molecule has 29 heavy (non-hydrogen) atoms. The van der Waals surface area contributed by atoms with Crippen molar-refractivity contribution in [1.82, 2.24) is 9.97 Å². The molecule has 9 heteroatoms. The minimum absolute atomic E-state index is 0.0246. The van der Waals surface area contributed by atoms with E-state index in [0.717, 1.165) is 5.56 Å². The van der Waals surface area contributed by atoms with Gasteiger partial charge in [-0.1, -0.05) is 29.8 Å². The van der Waals surface area contributed by atoms with E-state index in [9.17, 15) is 14.9 Å². The highest BCUT2D eigenvalue weighted by atomic mass is 16.6. The smallest absolute Gasteiger partial charge is 0.373 e. The summed E-state index contributed by atoms with van der Waals surface area (Å²) in [5.41, 5.74) is 1.23. The van der Waals surface area contributed by atoms with E-state index in [0.29, 0.717) is 11.4 Å². The lowest BCUT2D eigenvalue weighted by Gasteiger charge is -2.20. The standard InChI is InChI=1S/C20H18N4O5/c1-13-8-10-14(11-9-13)29-19-17(24(26)27)18(21-12-22-19)23(2)16-7-5-4-6-15(16)20(25)28-3/h4-12H,1-3H3. The van der Waals surface area contributed by atoms with Crippen molar-refractivity contribution in [2.45, 2.75) is 6.92 Å². The first-order valence-corrected chi connectivity index (χ1v) is 8.57. The molecule has 0 fully saturated rings. The van der Waals surface area contributed by atoms with Crippen LogP contribution in [0.4, 0.5) is 17.2 Å². The van der Waals surface area contributed by atoms with E-state index in [4.69, 9.17) is 9.47 Å². The summed E-state index contributed by atoms with van der Waals surface area (Å²) in [5, 5.41) is 11.8. The highest BCUT2D eigenvalue weighted by Gasteiger charge is 2.29. The normalized spacial score (nSPS) is 10.3. The number of para-hydroxylation sites is 1. The van der Waals surface area contributed by atoms with Crippen molar-refractivity contribution in [3.05, 3.63) is 76.1 Å². The number of hydrogen-bond donors (Lipinski definition) is 0. The van der Waals surface area contributed by atoms with Crippen LogP contribution in [0.5, 0.6) is 11.6 Å². The zero-order valence-corrected chi connectivity index (χ0v) is 16.0.